The van der Waals surface area contributed by atoms with Gasteiger partial charge >= 0.3 is 0 Å². The largest absolute Gasteiger partial charge is 0.381 e. The zero-order chi connectivity index (χ0) is 12.5. The minimum atomic E-state index is -0.194. The molecular weight excluding hydrogens is 256 g/mol. The summed E-state index contributed by atoms with van der Waals surface area (Å²) in [6.07, 6.45) is 0.853. The average molecular weight is 281 g/mol. The molecule has 1 saturated heterocycles. The van der Waals surface area contributed by atoms with Crippen LogP contribution in [-0.2, 0) is 14.3 Å². The van der Waals surface area contributed by atoms with Crippen molar-refractivity contribution in [3.8, 4) is 0 Å². The average Bonchev–Trinajstić information content (AvgIpc) is 2.34. The summed E-state index contributed by atoms with van der Waals surface area (Å²) in [4.78, 5) is 11.6. The van der Waals surface area contributed by atoms with Gasteiger partial charge in [0.2, 0.25) is 5.91 Å². The van der Waals surface area contributed by atoms with Crippen molar-refractivity contribution >= 4 is 18.3 Å². The summed E-state index contributed by atoms with van der Waals surface area (Å²) in [6.45, 7) is 8.29. The van der Waals surface area contributed by atoms with E-state index in [0.29, 0.717) is 32.3 Å². The monoisotopic (exact) mass is 280 g/mol. The van der Waals surface area contributed by atoms with Crippen molar-refractivity contribution in [3.05, 3.63) is 0 Å². The van der Waals surface area contributed by atoms with Gasteiger partial charge in [-0.1, -0.05) is 13.8 Å². The number of halogens is 1. The molecule has 1 aliphatic heterocycles. The molecule has 1 amide bonds. The first-order chi connectivity index (χ1) is 8.20. The van der Waals surface area contributed by atoms with Crippen molar-refractivity contribution < 1.29 is 14.3 Å². The zero-order valence-corrected chi connectivity index (χ0v) is 12.1. The lowest BCUT2D eigenvalue weighted by Crippen LogP contribution is -2.51. The molecule has 0 aromatic carbocycles. The maximum absolute atomic E-state index is 11.6. The fourth-order valence-corrected chi connectivity index (χ4v) is 1.56. The van der Waals surface area contributed by atoms with Gasteiger partial charge in [-0.3, -0.25) is 4.79 Å². The van der Waals surface area contributed by atoms with Crippen LogP contribution in [0.1, 0.15) is 20.3 Å². The minimum Gasteiger partial charge on any atom is -0.381 e. The zero-order valence-electron chi connectivity index (χ0n) is 11.2. The van der Waals surface area contributed by atoms with Gasteiger partial charge in [-0.2, -0.15) is 0 Å². The molecule has 2 N–H and O–H groups in total. The van der Waals surface area contributed by atoms with Crippen LogP contribution in [0.15, 0.2) is 0 Å². The number of rotatable bonds is 7. The van der Waals surface area contributed by atoms with Crippen LogP contribution in [0, 0.1) is 5.92 Å². The lowest BCUT2D eigenvalue weighted by Gasteiger charge is -2.22. The molecular formula is C12H25ClN2O3. The fraction of sp³-hybridized carbons (Fsp3) is 0.917. The Hall–Kier alpha value is -0.360. The number of carbonyl (C=O) groups excluding carboxylic acids is 1. The normalized spacial score (nSPS) is 19.4. The van der Waals surface area contributed by atoms with Crippen LogP contribution in [0.5, 0.6) is 0 Å². The number of amides is 1. The Morgan fingerprint density at radius 2 is 2.33 bits per heavy atom. The van der Waals surface area contributed by atoms with Crippen LogP contribution in [-0.4, -0.2) is 51.5 Å². The number of ether oxygens (including phenoxy) is 2. The third-order valence-electron chi connectivity index (χ3n) is 2.45. The summed E-state index contributed by atoms with van der Waals surface area (Å²) in [5.74, 6) is 0.585. The van der Waals surface area contributed by atoms with Gasteiger partial charge in [-0.25, -0.2) is 0 Å². The minimum absolute atomic E-state index is 0. The van der Waals surface area contributed by atoms with Crippen molar-refractivity contribution in [2.45, 2.75) is 26.3 Å². The molecule has 0 radical (unpaired) electrons. The van der Waals surface area contributed by atoms with Gasteiger partial charge in [0.1, 0.15) is 6.04 Å². The van der Waals surface area contributed by atoms with Gasteiger partial charge in [0.05, 0.1) is 13.2 Å². The second-order valence-electron chi connectivity index (χ2n) is 4.69. The van der Waals surface area contributed by atoms with Crippen LogP contribution in [0.25, 0.3) is 0 Å². The SMILES string of the molecule is CC(C)COCCCNC(=O)C1COCCN1.Cl. The first-order valence-electron chi connectivity index (χ1n) is 6.36. The number of hydrogen-bond donors (Lipinski definition) is 2. The van der Waals surface area contributed by atoms with Crippen LogP contribution < -0.4 is 10.6 Å². The molecule has 0 aliphatic carbocycles. The van der Waals surface area contributed by atoms with Gasteiger partial charge in [-0.15, -0.1) is 12.4 Å². The topological polar surface area (TPSA) is 59.6 Å². The Balaban J connectivity index is 0.00000289. The Kier molecular flexibility index (Phi) is 10.3. The molecule has 108 valence electrons. The van der Waals surface area contributed by atoms with Crippen LogP contribution in [0.3, 0.4) is 0 Å². The Morgan fingerprint density at radius 1 is 1.56 bits per heavy atom. The smallest absolute Gasteiger partial charge is 0.239 e. The van der Waals surface area contributed by atoms with E-state index in [2.05, 4.69) is 24.5 Å². The van der Waals surface area contributed by atoms with Crippen LogP contribution in [0.2, 0.25) is 0 Å². The first-order valence-corrected chi connectivity index (χ1v) is 6.36. The summed E-state index contributed by atoms with van der Waals surface area (Å²) in [5, 5.41) is 6.00. The molecule has 5 nitrogen and oxygen atoms in total. The third kappa shape index (κ3) is 7.87. The molecule has 1 rings (SSSR count). The Morgan fingerprint density at radius 3 is 2.94 bits per heavy atom. The van der Waals surface area contributed by atoms with E-state index in [1.807, 2.05) is 0 Å². The second kappa shape index (κ2) is 10.6. The van der Waals surface area contributed by atoms with Gasteiger partial charge in [0.25, 0.3) is 0 Å². The Bertz CT molecular complexity index is 221. The van der Waals surface area contributed by atoms with Crippen molar-refractivity contribution in [3.63, 3.8) is 0 Å². The lowest BCUT2D eigenvalue weighted by molar-refractivity contribution is -0.125. The number of morpholine rings is 1. The summed E-state index contributed by atoms with van der Waals surface area (Å²) in [7, 11) is 0. The second-order valence-corrected chi connectivity index (χ2v) is 4.69. The number of hydrogen-bond acceptors (Lipinski definition) is 4. The highest BCUT2D eigenvalue weighted by Crippen LogP contribution is 1.94. The van der Waals surface area contributed by atoms with Crippen molar-refractivity contribution in [1.82, 2.24) is 10.6 Å². The summed E-state index contributed by atoms with van der Waals surface area (Å²) >= 11 is 0. The van der Waals surface area contributed by atoms with Crippen molar-refractivity contribution in [2.75, 3.05) is 39.5 Å². The maximum Gasteiger partial charge on any atom is 0.239 e. The fourth-order valence-electron chi connectivity index (χ4n) is 1.56. The number of carbonyl (C=O) groups is 1. The number of nitrogens with one attached hydrogen (secondary N) is 2. The standard InChI is InChI=1S/C12H24N2O3.ClH/c1-10(2)8-16-6-3-4-14-12(15)11-9-17-7-5-13-11;/h10-11,13H,3-9H2,1-2H3,(H,14,15);1H. The summed E-state index contributed by atoms with van der Waals surface area (Å²) in [6, 6.07) is -0.194. The molecule has 0 aromatic heterocycles. The molecule has 6 heteroatoms. The van der Waals surface area contributed by atoms with E-state index in [1.165, 1.54) is 0 Å². The molecule has 0 saturated carbocycles. The molecule has 1 aliphatic rings. The van der Waals surface area contributed by atoms with E-state index in [9.17, 15) is 4.79 Å². The van der Waals surface area contributed by atoms with Crippen molar-refractivity contribution in [2.24, 2.45) is 5.92 Å². The van der Waals surface area contributed by atoms with E-state index >= 15 is 0 Å². The van der Waals surface area contributed by atoms with E-state index in [1.54, 1.807) is 0 Å². The van der Waals surface area contributed by atoms with E-state index in [0.717, 1.165) is 19.6 Å². The molecule has 1 fully saturated rings. The maximum atomic E-state index is 11.6. The highest BCUT2D eigenvalue weighted by Gasteiger charge is 2.20. The van der Waals surface area contributed by atoms with E-state index in [-0.39, 0.29) is 24.4 Å². The molecule has 0 bridgehead atoms. The quantitative estimate of drug-likeness (QED) is 0.670. The molecule has 0 spiro atoms. The van der Waals surface area contributed by atoms with E-state index < -0.39 is 0 Å². The third-order valence-corrected chi connectivity index (χ3v) is 2.45. The van der Waals surface area contributed by atoms with Crippen LogP contribution in [0.4, 0.5) is 0 Å². The summed E-state index contributed by atoms with van der Waals surface area (Å²) in [5.41, 5.74) is 0. The lowest BCUT2D eigenvalue weighted by atomic mass is 10.2. The Labute approximate surface area is 115 Å². The highest BCUT2D eigenvalue weighted by molar-refractivity contribution is 5.85. The molecule has 0 aromatic rings. The van der Waals surface area contributed by atoms with Gasteiger partial charge < -0.3 is 20.1 Å². The molecule has 1 unspecified atom stereocenters. The highest BCUT2D eigenvalue weighted by atomic mass is 35.5. The van der Waals surface area contributed by atoms with Gasteiger partial charge in [-0.05, 0) is 12.3 Å². The molecule has 18 heavy (non-hydrogen) atoms. The molecule has 1 atom stereocenters. The first kappa shape index (κ1) is 17.6. The molecule has 1 heterocycles. The van der Waals surface area contributed by atoms with Crippen LogP contribution >= 0.6 is 12.4 Å². The van der Waals surface area contributed by atoms with Gasteiger partial charge in [0, 0.05) is 26.3 Å². The van der Waals surface area contributed by atoms with Gasteiger partial charge in [0.15, 0.2) is 0 Å². The predicted molar refractivity (Wildman–Crippen MR) is 73.1 cm³/mol. The van der Waals surface area contributed by atoms with E-state index in [4.69, 9.17) is 9.47 Å². The van der Waals surface area contributed by atoms with Crippen molar-refractivity contribution in [1.29, 1.82) is 0 Å². The summed E-state index contributed by atoms with van der Waals surface area (Å²) < 4.78 is 10.7. The predicted octanol–water partition coefficient (Wildman–Crippen LogP) is 0.576.